The summed E-state index contributed by atoms with van der Waals surface area (Å²) in [6.07, 6.45) is 0.129. The molecule has 7 heteroatoms. The molecule has 1 fully saturated rings. The highest BCUT2D eigenvalue weighted by Crippen LogP contribution is 2.30. The molecule has 0 radical (unpaired) electrons. The van der Waals surface area contributed by atoms with Crippen LogP contribution in [0.15, 0.2) is 48.5 Å². The number of anilines is 1. The second-order valence-electron chi connectivity index (χ2n) is 6.48. The molecule has 0 N–H and O–H groups in total. The highest BCUT2D eigenvalue weighted by atomic mass is 16.6. The molecule has 2 aromatic rings. The van der Waals surface area contributed by atoms with Crippen LogP contribution in [0.5, 0.6) is 5.75 Å². The van der Waals surface area contributed by atoms with Gasteiger partial charge in [0.2, 0.25) is 0 Å². The Morgan fingerprint density at radius 2 is 1.73 bits per heavy atom. The number of benzene rings is 2. The number of amides is 1. The molecule has 0 spiro atoms. The van der Waals surface area contributed by atoms with Crippen LogP contribution < -0.4 is 9.64 Å². The number of nitro benzene ring substituents is 1. The van der Waals surface area contributed by atoms with E-state index in [4.69, 9.17) is 4.74 Å². The van der Waals surface area contributed by atoms with Gasteiger partial charge >= 0.3 is 0 Å². The number of hydrogen-bond donors (Lipinski definition) is 0. The fraction of sp³-hybridized carbons (Fsp3) is 0.316. The Labute approximate surface area is 150 Å². The maximum atomic E-state index is 12.8. The fourth-order valence-corrected chi connectivity index (χ4v) is 3.58. The highest BCUT2D eigenvalue weighted by Gasteiger charge is 2.34. The lowest BCUT2D eigenvalue weighted by Crippen LogP contribution is -2.52. The molecule has 2 aromatic carbocycles. The number of hydrogen-bond acceptors (Lipinski definition) is 5. The van der Waals surface area contributed by atoms with E-state index in [0.717, 1.165) is 11.3 Å². The maximum absolute atomic E-state index is 12.8. The van der Waals surface area contributed by atoms with Crippen molar-refractivity contribution in [1.82, 2.24) is 4.90 Å². The predicted molar refractivity (Wildman–Crippen MR) is 96.5 cm³/mol. The predicted octanol–water partition coefficient (Wildman–Crippen LogP) is 2.25. The summed E-state index contributed by atoms with van der Waals surface area (Å²) in [7, 11) is 0. The van der Waals surface area contributed by atoms with E-state index in [2.05, 4.69) is 0 Å². The number of ether oxygens (including phenoxy) is 1. The van der Waals surface area contributed by atoms with E-state index in [-0.39, 0.29) is 16.5 Å². The van der Waals surface area contributed by atoms with Crippen LogP contribution in [0, 0.1) is 10.1 Å². The second kappa shape index (κ2) is 6.67. The first-order valence-corrected chi connectivity index (χ1v) is 8.65. The second-order valence-corrected chi connectivity index (χ2v) is 6.48. The van der Waals surface area contributed by atoms with Crippen LogP contribution in [0.25, 0.3) is 0 Å². The number of piperazine rings is 1. The summed E-state index contributed by atoms with van der Waals surface area (Å²) in [6.45, 7) is 2.19. The molecule has 0 saturated carbocycles. The Kier molecular flexibility index (Phi) is 4.20. The highest BCUT2D eigenvalue weighted by molar-refractivity contribution is 5.83. The largest absolute Gasteiger partial charge is 0.480 e. The summed E-state index contributed by atoms with van der Waals surface area (Å²) >= 11 is 0. The van der Waals surface area contributed by atoms with Gasteiger partial charge in [0.15, 0.2) is 6.10 Å². The van der Waals surface area contributed by atoms with Gasteiger partial charge in [0.25, 0.3) is 11.6 Å². The average molecular weight is 353 g/mol. The van der Waals surface area contributed by atoms with Crippen molar-refractivity contribution in [2.75, 3.05) is 31.1 Å². The zero-order chi connectivity index (χ0) is 18.1. The first-order chi connectivity index (χ1) is 12.6. The summed E-state index contributed by atoms with van der Waals surface area (Å²) in [6, 6.07) is 14.4. The molecule has 1 amide bonds. The molecule has 7 nitrogen and oxygen atoms in total. The standard InChI is InChI=1S/C19H19N3O4/c23-19(18-13-14-5-1-4-8-17(14)26-18)21-11-9-20(10-12-21)15-6-2-3-7-16(15)22(24)25/h1-8,18H,9-13H2/t18-/m0/s1. The monoisotopic (exact) mass is 353 g/mol. The lowest BCUT2D eigenvalue weighted by molar-refractivity contribution is -0.384. The quantitative estimate of drug-likeness (QED) is 0.625. The first-order valence-electron chi connectivity index (χ1n) is 8.65. The third kappa shape index (κ3) is 2.96. The molecular formula is C19H19N3O4. The van der Waals surface area contributed by atoms with E-state index in [9.17, 15) is 14.9 Å². The minimum absolute atomic E-state index is 0.0107. The minimum Gasteiger partial charge on any atom is -0.480 e. The van der Waals surface area contributed by atoms with Gasteiger partial charge in [0, 0.05) is 38.7 Å². The van der Waals surface area contributed by atoms with Crippen molar-refractivity contribution in [2.24, 2.45) is 0 Å². The maximum Gasteiger partial charge on any atom is 0.292 e. The van der Waals surface area contributed by atoms with Crippen LogP contribution in [0.1, 0.15) is 5.56 Å². The van der Waals surface area contributed by atoms with Crippen molar-refractivity contribution < 1.29 is 14.5 Å². The Hall–Kier alpha value is -3.09. The molecule has 2 aliphatic heterocycles. The number of para-hydroxylation sites is 3. The summed E-state index contributed by atoms with van der Waals surface area (Å²) in [5.74, 6) is 0.771. The minimum atomic E-state index is -0.468. The van der Waals surface area contributed by atoms with Crippen LogP contribution in [0.3, 0.4) is 0 Å². The fourth-order valence-electron chi connectivity index (χ4n) is 3.58. The third-order valence-electron chi connectivity index (χ3n) is 4.93. The summed E-state index contributed by atoms with van der Waals surface area (Å²) in [5.41, 5.74) is 1.76. The van der Waals surface area contributed by atoms with Crippen molar-refractivity contribution >= 4 is 17.3 Å². The van der Waals surface area contributed by atoms with Gasteiger partial charge in [0.05, 0.1) is 4.92 Å². The van der Waals surface area contributed by atoms with Gasteiger partial charge in [-0.15, -0.1) is 0 Å². The normalized spacial score (nSPS) is 19.0. The Morgan fingerprint density at radius 3 is 2.46 bits per heavy atom. The molecule has 0 bridgehead atoms. The molecule has 0 unspecified atom stereocenters. The zero-order valence-electron chi connectivity index (χ0n) is 14.2. The van der Waals surface area contributed by atoms with Crippen molar-refractivity contribution in [3.8, 4) is 5.75 Å². The molecule has 0 aliphatic carbocycles. The molecule has 4 rings (SSSR count). The Balaban J connectivity index is 1.40. The van der Waals surface area contributed by atoms with Gasteiger partial charge in [-0.1, -0.05) is 30.3 Å². The molecule has 1 atom stereocenters. The molecular weight excluding hydrogens is 334 g/mol. The summed E-state index contributed by atoms with van der Waals surface area (Å²) < 4.78 is 5.79. The van der Waals surface area contributed by atoms with E-state index in [0.29, 0.717) is 38.3 Å². The van der Waals surface area contributed by atoms with Gasteiger partial charge in [0.1, 0.15) is 11.4 Å². The van der Waals surface area contributed by atoms with Crippen LogP contribution in [0.2, 0.25) is 0 Å². The topological polar surface area (TPSA) is 75.9 Å². The average Bonchev–Trinajstić information content (AvgIpc) is 3.12. The van der Waals surface area contributed by atoms with E-state index >= 15 is 0 Å². The van der Waals surface area contributed by atoms with E-state index in [1.165, 1.54) is 6.07 Å². The van der Waals surface area contributed by atoms with Crippen LogP contribution in [0.4, 0.5) is 11.4 Å². The number of carbonyl (C=O) groups excluding carboxylic acids is 1. The van der Waals surface area contributed by atoms with Crippen LogP contribution in [-0.2, 0) is 11.2 Å². The van der Waals surface area contributed by atoms with Gasteiger partial charge in [-0.2, -0.15) is 0 Å². The summed E-state index contributed by atoms with van der Waals surface area (Å²) in [5, 5.41) is 11.2. The Morgan fingerprint density at radius 1 is 1.04 bits per heavy atom. The van der Waals surface area contributed by atoms with Crippen molar-refractivity contribution in [3.05, 3.63) is 64.2 Å². The van der Waals surface area contributed by atoms with E-state index < -0.39 is 6.10 Å². The lowest BCUT2D eigenvalue weighted by atomic mass is 10.1. The van der Waals surface area contributed by atoms with Crippen molar-refractivity contribution in [3.63, 3.8) is 0 Å². The molecule has 0 aromatic heterocycles. The van der Waals surface area contributed by atoms with Gasteiger partial charge < -0.3 is 14.5 Å². The van der Waals surface area contributed by atoms with Crippen LogP contribution in [-0.4, -0.2) is 48.0 Å². The molecule has 134 valence electrons. The first kappa shape index (κ1) is 16.4. The lowest BCUT2D eigenvalue weighted by Gasteiger charge is -2.36. The smallest absolute Gasteiger partial charge is 0.292 e. The van der Waals surface area contributed by atoms with Crippen molar-refractivity contribution in [2.45, 2.75) is 12.5 Å². The number of carbonyl (C=O) groups is 1. The SMILES string of the molecule is O=C([C@@H]1Cc2ccccc2O1)N1CCN(c2ccccc2[N+](=O)[O-])CC1. The van der Waals surface area contributed by atoms with E-state index in [1.54, 1.807) is 23.1 Å². The zero-order valence-corrected chi connectivity index (χ0v) is 14.2. The van der Waals surface area contributed by atoms with E-state index in [1.807, 2.05) is 29.2 Å². The third-order valence-corrected chi connectivity index (χ3v) is 4.93. The Bertz CT molecular complexity index is 821. The van der Waals surface area contributed by atoms with Crippen LogP contribution >= 0.6 is 0 Å². The molecule has 2 aliphatic rings. The van der Waals surface area contributed by atoms with Crippen molar-refractivity contribution in [1.29, 1.82) is 0 Å². The number of rotatable bonds is 3. The van der Waals surface area contributed by atoms with Gasteiger partial charge in [-0.05, 0) is 17.7 Å². The van der Waals surface area contributed by atoms with Gasteiger partial charge in [-0.3, -0.25) is 14.9 Å². The number of nitrogens with zero attached hydrogens (tertiary/aromatic N) is 3. The molecule has 1 saturated heterocycles. The van der Waals surface area contributed by atoms with Gasteiger partial charge in [-0.25, -0.2) is 0 Å². The molecule has 2 heterocycles. The molecule has 26 heavy (non-hydrogen) atoms. The summed E-state index contributed by atoms with van der Waals surface area (Å²) in [4.78, 5) is 27.4. The number of nitro groups is 1. The number of fused-ring (bicyclic) bond motifs is 1.